The molecule has 0 aliphatic carbocycles. The van der Waals surface area contributed by atoms with Crippen LogP contribution in [0, 0.1) is 0 Å². The molecule has 0 aromatic heterocycles. The smallest absolute Gasteiger partial charge is 0.240 e. The van der Waals surface area contributed by atoms with Gasteiger partial charge in [-0.1, -0.05) is 18.2 Å². The molecule has 2 aliphatic heterocycles. The summed E-state index contributed by atoms with van der Waals surface area (Å²) in [5.41, 5.74) is 2.01. The number of benzene rings is 2. The molecule has 0 radical (unpaired) electrons. The van der Waals surface area contributed by atoms with E-state index in [2.05, 4.69) is 6.07 Å². The van der Waals surface area contributed by atoms with Gasteiger partial charge in [-0.15, -0.1) is 11.8 Å². The molecule has 0 N–H and O–H groups in total. The van der Waals surface area contributed by atoms with E-state index in [4.69, 9.17) is 9.47 Å². The molecule has 112 valence electrons. The molecule has 4 rings (SSSR count). The van der Waals surface area contributed by atoms with E-state index in [-0.39, 0.29) is 18.0 Å². The number of hydrogen-bond acceptors (Lipinski definition) is 4. The van der Waals surface area contributed by atoms with Gasteiger partial charge in [0.15, 0.2) is 11.5 Å². The molecule has 0 fully saturated rings. The maximum atomic E-state index is 12.6. The van der Waals surface area contributed by atoms with Crippen molar-refractivity contribution < 1.29 is 14.3 Å². The van der Waals surface area contributed by atoms with Gasteiger partial charge < -0.3 is 14.4 Å². The van der Waals surface area contributed by atoms with Crippen LogP contribution in [-0.4, -0.2) is 18.0 Å². The Hall–Kier alpha value is -2.14. The monoisotopic (exact) mass is 313 g/mol. The molecule has 2 heterocycles. The lowest BCUT2D eigenvalue weighted by Gasteiger charge is -2.32. The van der Waals surface area contributed by atoms with Crippen molar-refractivity contribution in [3.05, 3.63) is 48.0 Å². The second-order valence-electron chi connectivity index (χ2n) is 5.34. The Balaban J connectivity index is 1.68. The van der Waals surface area contributed by atoms with Crippen LogP contribution in [-0.2, 0) is 11.3 Å². The fourth-order valence-corrected chi connectivity index (χ4v) is 3.81. The Bertz CT molecular complexity index is 746. The molecule has 0 saturated heterocycles. The Morgan fingerprint density at radius 3 is 2.91 bits per heavy atom. The molecule has 1 atom stereocenters. The molecule has 1 unspecified atom stereocenters. The average Bonchev–Trinajstić information content (AvgIpc) is 2.99. The summed E-state index contributed by atoms with van der Waals surface area (Å²) in [6.07, 6.45) is 0. The SMILES string of the molecule is CC1Sc2ccccc2N(Cc2ccc3c(c2)OCO3)C1=O. The maximum absolute atomic E-state index is 12.6. The van der Waals surface area contributed by atoms with E-state index in [0.29, 0.717) is 6.54 Å². The van der Waals surface area contributed by atoms with Gasteiger partial charge in [0.1, 0.15) is 0 Å². The molecule has 1 amide bonds. The Kier molecular flexibility index (Phi) is 3.22. The Morgan fingerprint density at radius 1 is 1.18 bits per heavy atom. The summed E-state index contributed by atoms with van der Waals surface area (Å²) in [6.45, 7) is 2.75. The van der Waals surface area contributed by atoms with Crippen molar-refractivity contribution in [1.29, 1.82) is 0 Å². The number of nitrogens with zero attached hydrogens (tertiary/aromatic N) is 1. The third-order valence-electron chi connectivity index (χ3n) is 3.85. The minimum Gasteiger partial charge on any atom is -0.454 e. The highest BCUT2D eigenvalue weighted by atomic mass is 32.2. The summed E-state index contributed by atoms with van der Waals surface area (Å²) >= 11 is 1.62. The van der Waals surface area contributed by atoms with Crippen LogP contribution in [0.4, 0.5) is 5.69 Å². The van der Waals surface area contributed by atoms with Gasteiger partial charge in [-0.25, -0.2) is 0 Å². The number of fused-ring (bicyclic) bond motifs is 2. The topological polar surface area (TPSA) is 38.8 Å². The highest BCUT2D eigenvalue weighted by Crippen LogP contribution is 2.40. The van der Waals surface area contributed by atoms with Crippen LogP contribution in [0.1, 0.15) is 12.5 Å². The van der Waals surface area contributed by atoms with Crippen molar-refractivity contribution in [2.75, 3.05) is 11.7 Å². The quantitative estimate of drug-likeness (QED) is 0.851. The van der Waals surface area contributed by atoms with Crippen LogP contribution in [0.25, 0.3) is 0 Å². The third kappa shape index (κ3) is 2.22. The number of anilines is 1. The lowest BCUT2D eigenvalue weighted by Crippen LogP contribution is -2.39. The minimum atomic E-state index is -0.0658. The van der Waals surface area contributed by atoms with Gasteiger partial charge in [-0.05, 0) is 36.8 Å². The molecule has 2 aliphatic rings. The number of carbonyl (C=O) groups is 1. The van der Waals surface area contributed by atoms with Crippen molar-refractivity contribution in [1.82, 2.24) is 0 Å². The molecular weight excluding hydrogens is 298 g/mol. The average molecular weight is 313 g/mol. The Morgan fingerprint density at radius 2 is 2.00 bits per heavy atom. The first-order valence-corrected chi connectivity index (χ1v) is 8.06. The number of rotatable bonds is 2. The van der Waals surface area contributed by atoms with E-state index in [1.807, 2.05) is 48.2 Å². The lowest BCUT2D eigenvalue weighted by atomic mass is 10.1. The highest BCUT2D eigenvalue weighted by Gasteiger charge is 2.30. The van der Waals surface area contributed by atoms with Crippen molar-refractivity contribution in [3.8, 4) is 11.5 Å². The third-order valence-corrected chi connectivity index (χ3v) is 5.01. The molecule has 0 bridgehead atoms. The summed E-state index contributed by atoms with van der Waals surface area (Å²) in [7, 11) is 0. The normalized spacial score (nSPS) is 19.2. The summed E-state index contributed by atoms with van der Waals surface area (Å²) in [5, 5.41) is -0.0658. The van der Waals surface area contributed by atoms with Crippen LogP contribution in [0.15, 0.2) is 47.4 Å². The van der Waals surface area contributed by atoms with Crippen LogP contribution in [0.2, 0.25) is 0 Å². The molecule has 0 spiro atoms. The number of para-hydroxylation sites is 1. The van der Waals surface area contributed by atoms with E-state index in [0.717, 1.165) is 27.6 Å². The van der Waals surface area contributed by atoms with Crippen LogP contribution >= 0.6 is 11.8 Å². The van der Waals surface area contributed by atoms with Gasteiger partial charge in [-0.3, -0.25) is 4.79 Å². The van der Waals surface area contributed by atoms with Gasteiger partial charge >= 0.3 is 0 Å². The van der Waals surface area contributed by atoms with E-state index in [1.165, 1.54) is 0 Å². The lowest BCUT2D eigenvalue weighted by molar-refractivity contribution is -0.118. The zero-order chi connectivity index (χ0) is 15.1. The highest BCUT2D eigenvalue weighted by molar-refractivity contribution is 8.00. The molecule has 2 aromatic carbocycles. The van der Waals surface area contributed by atoms with E-state index in [9.17, 15) is 4.79 Å². The van der Waals surface area contributed by atoms with Gasteiger partial charge in [0.05, 0.1) is 17.5 Å². The molecule has 5 heteroatoms. The largest absolute Gasteiger partial charge is 0.454 e. The van der Waals surface area contributed by atoms with Crippen LogP contribution in [0.5, 0.6) is 11.5 Å². The minimum absolute atomic E-state index is 0.0658. The summed E-state index contributed by atoms with van der Waals surface area (Å²) in [5.74, 6) is 1.65. The number of amides is 1. The number of hydrogen-bond donors (Lipinski definition) is 0. The van der Waals surface area contributed by atoms with E-state index < -0.39 is 0 Å². The van der Waals surface area contributed by atoms with Gasteiger partial charge in [0.2, 0.25) is 12.7 Å². The molecular formula is C17H15NO3S. The second-order valence-corrected chi connectivity index (χ2v) is 6.72. The second kappa shape index (κ2) is 5.25. The molecule has 0 saturated carbocycles. The number of carbonyl (C=O) groups excluding carboxylic acids is 1. The van der Waals surface area contributed by atoms with Crippen molar-refractivity contribution in [3.63, 3.8) is 0 Å². The standard InChI is InChI=1S/C17H15NO3S/c1-11-17(19)18(13-4-2-3-5-16(13)22-11)9-12-6-7-14-15(8-12)21-10-20-14/h2-8,11H,9-10H2,1H3. The Labute approximate surface area is 133 Å². The van der Waals surface area contributed by atoms with Gasteiger partial charge in [0.25, 0.3) is 0 Å². The van der Waals surface area contributed by atoms with Crippen molar-refractivity contribution in [2.45, 2.75) is 23.6 Å². The number of ether oxygens (including phenoxy) is 2. The zero-order valence-corrected chi connectivity index (χ0v) is 12.9. The van der Waals surface area contributed by atoms with E-state index in [1.54, 1.807) is 11.8 Å². The van der Waals surface area contributed by atoms with Gasteiger partial charge in [-0.2, -0.15) is 0 Å². The first-order chi connectivity index (χ1) is 10.7. The fraction of sp³-hybridized carbons (Fsp3) is 0.235. The predicted octanol–water partition coefficient (Wildman–Crippen LogP) is 3.44. The van der Waals surface area contributed by atoms with Crippen LogP contribution in [0.3, 0.4) is 0 Å². The first kappa shape index (κ1) is 13.5. The van der Waals surface area contributed by atoms with Crippen LogP contribution < -0.4 is 14.4 Å². The van der Waals surface area contributed by atoms with Gasteiger partial charge in [0, 0.05) is 4.90 Å². The summed E-state index contributed by atoms with van der Waals surface area (Å²) in [4.78, 5) is 15.6. The zero-order valence-electron chi connectivity index (χ0n) is 12.1. The fourth-order valence-electron chi connectivity index (χ4n) is 2.74. The van der Waals surface area contributed by atoms with Crippen molar-refractivity contribution >= 4 is 23.4 Å². The van der Waals surface area contributed by atoms with E-state index >= 15 is 0 Å². The predicted molar refractivity (Wildman–Crippen MR) is 85.5 cm³/mol. The summed E-state index contributed by atoms with van der Waals surface area (Å²) in [6, 6.07) is 13.9. The molecule has 22 heavy (non-hydrogen) atoms. The summed E-state index contributed by atoms with van der Waals surface area (Å²) < 4.78 is 10.7. The maximum Gasteiger partial charge on any atom is 0.240 e. The van der Waals surface area contributed by atoms with Crippen molar-refractivity contribution in [2.24, 2.45) is 0 Å². The molecule has 2 aromatic rings. The molecule has 4 nitrogen and oxygen atoms in total. The first-order valence-electron chi connectivity index (χ1n) is 7.18. The number of thioether (sulfide) groups is 1.